The minimum atomic E-state index is -0.144. The Labute approximate surface area is 171 Å². The summed E-state index contributed by atoms with van der Waals surface area (Å²) < 4.78 is 6.88. The van der Waals surface area contributed by atoms with Crippen molar-refractivity contribution in [3.05, 3.63) is 52.9 Å². The van der Waals surface area contributed by atoms with Gasteiger partial charge in [-0.15, -0.1) is 5.10 Å². The van der Waals surface area contributed by atoms with E-state index in [1.807, 2.05) is 19.1 Å². The van der Waals surface area contributed by atoms with Gasteiger partial charge in [0.15, 0.2) is 0 Å². The van der Waals surface area contributed by atoms with Crippen molar-refractivity contribution in [3.63, 3.8) is 0 Å². The van der Waals surface area contributed by atoms with E-state index in [-0.39, 0.29) is 18.1 Å². The summed E-state index contributed by atoms with van der Waals surface area (Å²) in [5, 5.41) is 21.6. The maximum atomic E-state index is 12.8. The van der Waals surface area contributed by atoms with Crippen LogP contribution in [0.2, 0.25) is 5.02 Å². The van der Waals surface area contributed by atoms with Crippen molar-refractivity contribution in [1.29, 1.82) is 5.26 Å². The summed E-state index contributed by atoms with van der Waals surface area (Å²) in [7, 11) is 0. The highest BCUT2D eigenvalue weighted by Gasteiger charge is 2.18. The summed E-state index contributed by atoms with van der Waals surface area (Å²) in [4.78, 5) is 14.4. The first-order valence-electron chi connectivity index (χ1n) is 8.43. The Morgan fingerprint density at radius 1 is 1.43 bits per heavy atom. The third-order valence-corrected chi connectivity index (χ3v) is 5.28. The molecule has 0 fully saturated rings. The van der Waals surface area contributed by atoms with Gasteiger partial charge < -0.3 is 9.32 Å². The second-order valence-corrected chi connectivity index (χ2v) is 7.22. The normalized spacial score (nSPS) is 10.6. The van der Waals surface area contributed by atoms with Crippen LogP contribution in [-0.4, -0.2) is 38.4 Å². The number of nitrogens with zero attached hydrogens (tertiary/aromatic N) is 6. The molecule has 1 aromatic carbocycles. The molecule has 2 aromatic heterocycles. The van der Waals surface area contributed by atoms with Crippen molar-refractivity contribution in [3.8, 4) is 6.07 Å². The van der Waals surface area contributed by atoms with Gasteiger partial charge in [0.2, 0.25) is 11.1 Å². The summed E-state index contributed by atoms with van der Waals surface area (Å²) in [6.45, 7) is 2.55. The monoisotopic (exact) mass is 416 g/mol. The van der Waals surface area contributed by atoms with E-state index in [0.29, 0.717) is 34.7 Å². The molecule has 0 N–H and O–H groups in total. The van der Waals surface area contributed by atoms with Gasteiger partial charge in [0.1, 0.15) is 12.3 Å². The third kappa shape index (κ3) is 4.91. The molecule has 3 rings (SSSR count). The van der Waals surface area contributed by atoms with Gasteiger partial charge in [0.25, 0.3) is 0 Å². The fourth-order valence-electron chi connectivity index (χ4n) is 2.51. The van der Waals surface area contributed by atoms with Gasteiger partial charge in [-0.05, 0) is 53.2 Å². The molecular formula is C18H17ClN6O2S. The average molecular weight is 417 g/mol. The maximum Gasteiger partial charge on any atom is 0.237 e. The van der Waals surface area contributed by atoms with Gasteiger partial charge in [-0.2, -0.15) is 5.26 Å². The number of thioether (sulfide) groups is 1. The Bertz CT molecular complexity index is 982. The standard InChI is InChI=1S/C18H17ClN6O2S/c1-13-10-14(5-6-16(13)19)24(8-3-7-20)17(26)12-28-18-21-22-23-25(18)11-15-4-2-9-27-15/h2,4-6,9-10H,3,8,11-12H2,1H3. The van der Waals surface area contributed by atoms with E-state index in [4.69, 9.17) is 21.3 Å². The second-order valence-electron chi connectivity index (χ2n) is 5.87. The van der Waals surface area contributed by atoms with Crippen LogP contribution in [0.4, 0.5) is 5.69 Å². The molecule has 2 heterocycles. The van der Waals surface area contributed by atoms with E-state index in [9.17, 15) is 4.79 Å². The lowest BCUT2D eigenvalue weighted by Gasteiger charge is -2.22. The molecule has 0 unspecified atom stereocenters. The van der Waals surface area contributed by atoms with Crippen molar-refractivity contribution >= 4 is 35.0 Å². The second kappa shape index (κ2) is 9.39. The topological polar surface area (TPSA) is 101 Å². The first-order valence-corrected chi connectivity index (χ1v) is 9.79. The first kappa shape index (κ1) is 19.9. The molecule has 0 spiro atoms. The van der Waals surface area contributed by atoms with Gasteiger partial charge in [-0.3, -0.25) is 4.79 Å². The smallest absolute Gasteiger partial charge is 0.237 e. The number of anilines is 1. The van der Waals surface area contributed by atoms with Gasteiger partial charge in [-0.25, -0.2) is 4.68 Å². The van der Waals surface area contributed by atoms with Crippen LogP contribution in [0.5, 0.6) is 0 Å². The fraction of sp³-hybridized carbons (Fsp3) is 0.278. The number of halogens is 1. The Balaban J connectivity index is 1.70. The summed E-state index contributed by atoms with van der Waals surface area (Å²) in [6, 6.07) is 11.1. The number of carbonyl (C=O) groups excluding carboxylic acids is 1. The van der Waals surface area contributed by atoms with Crippen LogP contribution >= 0.6 is 23.4 Å². The Hall–Kier alpha value is -2.83. The van der Waals surface area contributed by atoms with Crippen LogP contribution in [-0.2, 0) is 11.3 Å². The highest BCUT2D eigenvalue weighted by molar-refractivity contribution is 7.99. The lowest BCUT2D eigenvalue weighted by molar-refractivity contribution is -0.116. The van der Waals surface area contributed by atoms with Crippen LogP contribution in [0.15, 0.2) is 46.2 Å². The number of aryl methyl sites for hydroxylation is 1. The summed E-state index contributed by atoms with van der Waals surface area (Å²) in [5.41, 5.74) is 1.57. The Morgan fingerprint density at radius 2 is 2.29 bits per heavy atom. The van der Waals surface area contributed by atoms with Crippen molar-refractivity contribution in [2.75, 3.05) is 17.2 Å². The molecule has 0 radical (unpaired) electrons. The largest absolute Gasteiger partial charge is 0.467 e. The predicted molar refractivity (Wildman–Crippen MR) is 105 cm³/mol. The Morgan fingerprint density at radius 3 is 3.00 bits per heavy atom. The number of amides is 1. The summed E-state index contributed by atoms with van der Waals surface area (Å²) in [6.07, 6.45) is 1.81. The molecule has 144 valence electrons. The van der Waals surface area contributed by atoms with Crippen LogP contribution in [0.25, 0.3) is 0 Å². The number of furan rings is 1. The summed E-state index contributed by atoms with van der Waals surface area (Å²) >= 11 is 7.31. The molecule has 0 bridgehead atoms. The van der Waals surface area contributed by atoms with Crippen LogP contribution in [0.1, 0.15) is 17.7 Å². The molecular weight excluding hydrogens is 400 g/mol. The number of tetrazole rings is 1. The number of aromatic nitrogens is 4. The minimum absolute atomic E-state index is 0.131. The van der Waals surface area contributed by atoms with Crippen LogP contribution < -0.4 is 4.90 Å². The average Bonchev–Trinajstić information content (AvgIpc) is 3.35. The van der Waals surface area contributed by atoms with Crippen LogP contribution in [0.3, 0.4) is 0 Å². The molecule has 1 amide bonds. The number of rotatable bonds is 8. The predicted octanol–water partition coefficient (Wildman–Crippen LogP) is 3.32. The third-order valence-electron chi connectivity index (χ3n) is 3.91. The van der Waals surface area contributed by atoms with Crippen molar-refractivity contribution < 1.29 is 9.21 Å². The van der Waals surface area contributed by atoms with E-state index in [1.54, 1.807) is 34.0 Å². The minimum Gasteiger partial charge on any atom is -0.467 e. The van der Waals surface area contributed by atoms with E-state index in [0.717, 1.165) is 5.56 Å². The molecule has 0 aliphatic carbocycles. The maximum absolute atomic E-state index is 12.8. The summed E-state index contributed by atoms with van der Waals surface area (Å²) in [5.74, 6) is 0.702. The van der Waals surface area contributed by atoms with E-state index >= 15 is 0 Å². The van der Waals surface area contributed by atoms with Crippen molar-refractivity contribution in [1.82, 2.24) is 20.2 Å². The zero-order valence-electron chi connectivity index (χ0n) is 15.1. The quantitative estimate of drug-likeness (QED) is 0.519. The molecule has 0 aliphatic rings. The van der Waals surface area contributed by atoms with Crippen molar-refractivity contribution in [2.24, 2.45) is 0 Å². The van der Waals surface area contributed by atoms with E-state index < -0.39 is 0 Å². The molecule has 0 saturated carbocycles. The van der Waals surface area contributed by atoms with Crippen LogP contribution in [0, 0.1) is 18.3 Å². The Kier molecular flexibility index (Phi) is 6.68. The first-order chi connectivity index (χ1) is 13.6. The van der Waals surface area contributed by atoms with Crippen molar-refractivity contribution in [2.45, 2.75) is 25.0 Å². The van der Waals surface area contributed by atoms with Gasteiger partial charge >= 0.3 is 0 Å². The zero-order valence-corrected chi connectivity index (χ0v) is 16.7. The molecule has 0 saturated heterocycles. The number of hydrogen-bond donors (Lipinski definition) is 0. The molecule has 0 aliphatic heterocycles. The fourth-order valence-corrected chi connectivity index (χ4v) is 3.38. The zero-order chi connectivity index (χ0) is 19.9. The van der Waals surface area contributed by atoms with Gasteiger partial charge in [0.05, 0.1) is 24.5 Å². The van der Waals surface area contributed by atoms with Gasteiger partial charge in [0, 0.05) is 17.3 Å². The number of hydrogen-bond acceptors (Lipinski definition) is 7. The lowest BCUT2D eigenvalue weighted by Crippen LogP contribution is -2.33. The molecule has 10 heteroatoms. The number of benzene rings is 1. The number of carbonyl (C=O) groups is 1. The van der Waals surface area contributed by atoms with Gasteiger partial charge in [-0.1, -0.05) is 23.4 Å². The number of nitriles is 1. The molecule has 28 heavy (non-hydrogen) atoms. The molecule has 3 aromatic rings. The lowest BCUT2D eigenvalue weighted by atomic mass is 10.2. The SMILES string of the molecule is Cc1cc(N(CCC#N)C(=O)CSc2nnnn2Cc2ccco2)ccc1Cl. The highest BCUT2D eigenvalue weighted by atomic mass is 35.5. The molecule has 0 atom stereocenters. The van der Waals surface area contributed by atoms with E-state index in [2.05, 4.69) is 21.6 Å². The highest BCUT2D eigenvalue weighted by Crippen LogP contribution is 2.24. The van der Waals surface area contributed by atoms with E-state index in [1.165, 1.54) is 11.8 Å². The molecule has 8 nitrogen and oxygen atoms in total.